The fraction of sp³-hybridized carbons (Fsp3) is 0.356. The van der Waals surface area contributed by atoms with Crippen molar-refractivity contribution < 1.29 is 43.7 Å². The van der Waals surface area contributed by atoms with E-state index in [0.717, 1.165) is 108 Å². The number of amides is 2. The average Bonchev–Trinajstić information content (AvgIpc) is 1.88. The van der Waals surface area contributed by atoms with Crippen LogP contribution in [0.5, 0.6) is 0 Å². The number of nitrogens with one attached hydrogen (secondary N) is 1. The lowest BCUT2D eigenvalue weighted by molar-refractivity contribution is -0.131. The van der Waals surface area contributed by atoms with Gasteiger partial charge in [0.05, 0.1) is 12.1 Å². The number of fused-ring (bicyclic) bond motifs is 3. The number of aliphatic hydroxyl groups is 1. The van der Waals surface area contributed by atoms with Crippen molar-refractivity contribution in [3.05, 3.63) is 224 Å². The van der Waals surface area contributed by atoms with Crippen molar-refractivity contribution in [1.29, 1.82) is 0 Å². The molecule has 3 atom stereocenters. The van der Waals surface area contributed by atoms with E-state index in [1.54, 1.807) is 41.3 Å². The Kier molecular flexibility index (Phi) is 26.4. The zero-order valence-corrected chi connectivity index (χ0v) is 56.9. The van der Waals surface area contributed by atoms with Gasteiger partial charge in [-0.1, -0.05) is 143 Å². The van der Waals surface area contributed by atoms with Crippen molar-refractivity contribution in [2.24, 2.45) is 0 Å². The molecule has 482 valence electrons. The Labute approximate surface area is 565 Å². The molecule has 0 heterocycles. The number of aryl methyl sites for hydroxylation is 3. The first-order valence-electron chi connectivity index (χ1n) is 30.5. The van der Waals surface area contributed by atoms with Gasteiger partial charge in [0.2, 0.25) is 0 Å². The number of carboxylic acid groups (broad SMARTS) is 1. The molecular formula is C73H79Cl6N3O9. The van der Waals surface area contributed by atoms with Gasteiger partial charge >= 0.3 is 18.2 Å². The van der Waals surface area contributed by atoms with E-state index in [2.05, 4.69) is 29.6 Å². The number of carbonyl (C=O) groups is 5. The summed E-state index contributed by atoms with van der Waals surface area (Å²) in [4.78, 5) is 63.5. The Morgan fingerprint density at radius 3 is 1.25 bits per heavy atom. The first kappa shape index (κ1) is 72.0. The maximum Gasteiger partial charge on any atom is 0.410 e. The lowest BCUT2D eigenvalue weighted by Crippen LogP contribution is -2.40. The average molecular weight is 1360 g/mol. The molecule has 0 saturated heterocycles. The molecule has 6 aromatic carbocycles. The van der Waals surface area contributed by atoms with Crippen molar-refractivity contribution in [2.75, 3.05) is 26.2 Å². The van der Waals surface area contributed by atoms with Crippen molar-refractivity contribution in [3.8, 4) is 0 Å². The summed E-state index contributed by atoms with van der Waals surface area (Å²) in [5.41, 5.74) is 11.8. The zero-order valence-electron chi connectivity index (χ0n) is 52.4. The van der Waals surface area contributed by atoms with Gasteiger partial charge in [-0.2, -0.15) is 0 Å². The van der Waals surface area contributed by atoms with Gasteiger partial charge in [-0.15, -0.1) is 0 Å². The predicted octanol–water partition coefficient (Wildman–Crippen LogP) is 18.4. The van der Waals surface area contributed by atoms with Gasteiger partial charge in [-0.25, -0.2) is 14.4 Å². The number of nitrogens with zero attached hydrogens (tertiary/aromatic N) is 2. The maximum atomic E-state index is 13.2. The summed E-state index contributed by atoms with van der Waals surface area (Å²) in [6.07, 6.45) is 16.6. The zero-order chi connectivity index (χ0) is 66.2. The lowest BCUT2D eigenvalue weighted by atomic mass is 10.0. The van der Waals surface area contributed by atoms with E-state index in [1.165, 1.54) is 22.8 Å². The minimum Gasteiger partial charge on any atom is -0.478 e. The second-order valence-corrected chi connectivity index (χ2v) is 27.4. The summed E-state index contributed by atoms with van der Waals surface area (Å²) in [6.45, 7) is 14.4. The number of ketones is 2. The van der Waals surface area contributed by atoms with Crippen LogP contribution in [0.25, 0.3) is 18.2 Å². The van der Waals surface area contributed by atoms with Crippen LogP contribution < -0.4 is 5.32 Å². The summed E-state index contributed by atoms with van der Waals surface area (Å²) in [7, 11) is 0. The fourth-order valence-corrected chi connectivity index (χ4v) is 13.0. The quantitative estimate of drug-likeness (QED) is 0.0627. The molecule has 0 aromatic heterocycles. The van der Waals surface area contributed by atoms with Crippen LogP contribution >= 0.6 is 69.6 Å². The predicted molar refractivity (Wildman–Crippen MR) is 369 cm³/mol. The molecule has 0 fully saturated rings. The van der Waals surface area contributed by atoms with E-state index in [-0.39, 0.29) is 35.8 Å². The van der Waals surface area contributed by atoms with Gasteiger partial charge in [0.25, 0.3) is 0 Å². The summed E-state index contributed by atoms with van der Waals surface area (Å²) in [6, 6.07) is 34.9. The summed E-state index contributed by atoms with van der Waals surface area (Å²) in [5.74, 6) is -1.17. The Morgan fingerprint density at radius 1 is 0.505 bits per heavy atom. The molecule has 0 spiro atoms. The van der Waals surface area contributed by atoms with Crippen molar-refractivity contribution in [2.45, 2.75) is 142 Å². The number of aliphatic carboxylic acids is 1. The van der Waals surface area contributed by atoms with Gasteiger partial charge in [-0.3, -0.25) is 9.59 Å². The summed E-state index contributed by atoms with van der Waals surface area (Å²) in [5, 5.41) is 24.9. The molecule has 9 rings (SSSR count). The number of aliphatic hydroxyl groups excluding tert-OH is 1. The largest absolute Gasteiger partial charge is 0.478 e. The molecule has 2 amide bonds. The number of rotatable bonds is 20. The summed E-state index contributed by atoms with van der Waals surface area (Å²) >= 11 is 36.7. The van der Waals surface area contributed by atoms with E-state index < -0.39 is 23.8 Å². The Morgan fingerprint density at radius 2 is 0.868 bits per heavy atom. The van der Waals surface area contributed by atoms with E-state index in [9.17, 15) is 24.0 Å². The second-order valence-electron chi connectivity index (χ2n) is 24.7. The Hall–Kier alpha value is -6.45. The van der Waals surface area contributed by atoms with Crippen LogP contribution in [-0.2, 0) is 62.4 Å². The van der Waals surface area contributed by atoms with Crippen LogP contribution in [0.2, 0.25) is 30.1 Å². The monoisotopic (exact) mass is 1350 g/mol. The third kappa shape index (κ3) is 22.7. The molecule has 3 N–H and O–H groups in total. The molecule has 12 nitrogen and oxygen atoms in total. The second kappa shape index (κ2) is 33.4. The first-order valence-corrected chi connectivity index (χ1v) is 32.8. The third-order valence-electron chi connectivity index (χ3n) is 15.4. The number of benzene rings is 6. The minimum absolute atomic E-state index is 0.0696. The molecule has 3 unspecified atom stereocenters. The molecule has 91 heavy (non-hydrogen) atoms. The lowest BCUT2D eigenvalue weighted by Gasteiger charge is -2.32. The first-order chi connectivity index (χ1) is 43.1. The highest BCUT2D eigenvalue weighted by molar-refractivity contribution is 6.35. The number of hydrogen-bond acceptors (Lipinski definition) is 9. The normalized spacial score (nSPS) is 15.7. The Bertz CT molecular complexity index is 3620. The number of hydrogen-bond donors (Lipinski definition) is 3. The van der Waals surface area contributed by atoms with E-state index in [4.69, 9.17) is 89.3 Å². The smallest absolute Gasteiger partial charge is 0.410 e. The molecule has 18 heteroatoms. The van der Waals surface area contributed by atoms with Crippen molar-refractivity contribution >= 4 is 118 Å². The molecular weight excluding hydrogens is 1280 g/mol. The van der Waals surface area contributed by atoms with Gasteiger partial charge in [0.1, 0.15) is 17.8 Å². The molecule has 3 aliphatic carbocycles. The third-order valence-corrected chi connectivity index (χ3v) is 16.7. The maximum absolute atomic E-state index is 13.2. The Balaban J connectivity index is 0.000000195. The number of allylic oxidation sites excluding steroid dienone is 1. The number of halogens is 6. The van der Waals surface area contributed by atoms with Gasteiger partial charge in [0, 0.05) is 61.8 Å². The number of carbonyl (C=O) groups excluding carboxylic acids is 4. The highest BCUT2D eigenvalue weighted by Crippen LogP contribution is 2.40. The molecule has 3 aliphatic rings. The van der Waals surface area contributed by atoms with E-state index in [0.29, 0.717) is 68.5 Å². The standard InChI is InChI=1S/C27H31Cl2NO3.C25H27Cl2NO4.C21H21Cl2NO2/c1-5-23(31)9-6-18-7-10-24-20(14-18)8-11-25(24)30(26(32)33-27(2,3)4)13-12-19-15-21(28)17-22(29)16-19;1-25(2,3)32-24(31)28(11-10-17-13-19(26)15-20(27)14-17)22-8-6-18-12-16(4-7-21(18)22)5-9-23(29)30;22-17-10-15(11-18(23)12-17)7-8-24-21-6-3-16-9-14(2-5-20(16)21)1-4-19(26)13-25/h6-7,9-10,14-17,25H,5,8,11-13H2,1-4H3;4-5,7,9,12-15,22H,6,8,10-11H2,1-3H3,(H,29,30);1-2,4-5,9-12,21,24-25H,3,6-8,13H2/b9-6+;9-5+;4-1+. The SMILES string of the molecule is CC(C)(C)OC(=O)N(CCc1cc(Cl)cc(Cl)c1)C1CCc2cc(/C=C/C(=O)O)ccc21.CCC(=O)/C=C/c1ccc2c(c1)CCC2N(CCc1cc(Cl)cc(Cl)c1)C(=O)OC(C)(C)C.O=C(/C=C/c1ccc2c(c1)CCC2NCCc1cc(Cl)cc(Cl)c1)CO. The molecule has 6 aromatic rings. The number of ether oxygens (including phenoxy) is 2. The minimum atomic E-state index is -0.986. The number of carboxylic acids is 1. The van der Waals surface area contributed by atoms with E-state index in [1.807, 2.05) is 126 Å². The van der Waals surface area contributed by atoms with Crippen LogP contribution in [0.15, 0.2) is 127 Å². The summed E-state index contributed by atoms with van der Waals surface area (Å²) < 4.78 is 11.5. The van der Waals surface area contributed by atoms with Crippen LogP contribution in [0.3, 0.4) is 0 Å². The van der Waals surface area contributed by atoms with Crippen molar-refractivity contribution in [1.82, 2.24) is 15.1 Å². The van der Waals surface area contributed by atoms with Crippen LogP contribution in [-0.4, -0.2) is 87.2 Å². The topological polar surface area (TPSA) is 163 Å². The van der Waals surface area contributed by atoms with Crippen LogP contribution in [0.4, 0.5) is 9.59 Å². The molecule has 0 bridgehead atoms. The molecule has 0 aliphatic heterocycles. The van der Waals surface area contributed by atoms with Gasteiger partial charge < -0.3 is 34.8 Å². The van der Waals surface area contributed by atoms with Gasteiger partial charge in [-0.05, 0) is 245 Å². The molecule has 0 saturated carbocycles. The van der Waals surface area contributed by atoms with E-state index >= 15 is 0 Å². The van der Waals surface area contributed by atoms with Crippen molar-refractivity contribution in [3.63, 3.8) is 0 Å². The molecule has 0 radical (unpaired) electrons. The fourth-order valence-electron chi connectivity index (χ4n) is 11.3. The highest BCUT2D eigenvalue weighted by Gasteiger charge is 2.35. The highest BCUT2D eigenvalue weighted by atomic mass is 35.5. The van der Waals surface area contributed by atoms with Crippen LogP contribution in [0, 0.1) is 0 Å². The van der Waals surface area contributed by atoms with Crippen LogP contribution in [0.1, 0.15) is 159 Å². The van der Waals surface area contributed by atoms with Gasteiger partial charge in [0.15, 0.2) is 11.6 Å².